The predicted octanol–water partition coefficient (Wildman–Crippen LogP) is 3.31. The highest BCUT2D eigenvalue weighted by molar-refractivity contribution is 5.88. The van der Waals surface area contributed by atoms with Gasteiger partial charge in [0.1, 0.15) is 12.4 Å². The summed E-state index contributed by atoms with van der Waals surface area (Å²) in [7, 11) is 0. The molecule has 0 N–H and O–H groups in total. The maximum atomic E-state index is 11.4. The summed E-state index contributed by atoms with van der Waals surface area (Å²) in [6.07, 6.45) is 0. The maximum absolute atomic E-state index is 11.4. The Labute approximate surface area is 108 Å². The minimum atomic E-state index is -0.403. The number of hydrogen-bond acceptors (Lipinski definition) is 3. The van der Waals surface area contributed by atoms with Gasteiger partial charge in [0.05, 0.1) is 12.2 Å². The van der Waals surface area contributed by atoms with Crippen LogP contribution in [-0.4, -0.2) is 19.2 Å². The molecule has 1 rings (SSSR count). The topological polar surface area (TPSA) is 35.5 Å². The predicted molar refractivity (Wildman–Crippen MR) is 71.8 cm³/mol. The van der Waals surface area contributed by atoms with E-state index in [0.29, 0.717) is 18.1 Å². The quantitative estimate of drug-likeness (QED) is 0.572. The highest BCUT2D eigenvalue weighted by Gasteiger charge is 2.11. The van der Waals surface area contributed by atoms with Crippen LogP contribution in [0.25, 0.3) is 0 Å². The second kappa shape index (κ2) is 6.84. The van der Waals surface area contributed by atoms with Gasteiger partial charge in [0.2, 0.25) is 0 Å². The van der Waals surface area contributed by atoms with Gasteiger partial charge in [-0.15, -0.1) is 0 Å². The Kier molecular flexibility index (Phi) is 5.43. The van der Waals surface area contributed by atoms with Crippen LogP contribution in [0.1, 0.15) is 32.3 Å². The molecule has 1 aromatic carbocycles. The van der Waals surface area contributed by atoms with Crippen LogP contribution in [0, 0.1) is 0 Å². The molecule has 0 amide bonds. The van der Waals surface area contributed by atoms with Gasteiger partial charge < -0.3 is 9.47 Å². The monoisotopic (exact) mass is 248 g/mol. The second-order valence-corrected chi connectivity index (χ2v) is 4.31. The molecule has 0 aromatic heterocycles. The molecule has 0 aliphatic heterocycles. The molecule has 3 heteroatoms. The molecule has 0 heterocycles. The van der Waals surface area contributed by atoms with Crippen LogP contribution in [0.5, 0.6) is 5.75 Å². The number of para-hydroxylation sites is 1. The lowest BCUT2D eigenvalue weighted by molar-refractivity contribution is -0.138. The van der Waals surface area contributed by atoms with Crippen LogP contribution in [0.2, 0.25) is 0 Å². The van der Waals surface area contributed by atoms with Gasteiger partial charge in [-0.05, 0) is 24.5 Å². The first-order valence-electron chi connectivity index (χ1n) is 6.12. The molecule has 0 aliphatic carbocycles. The summed E-state index contributed by atoms with van der Waals surface area (Å²) in [6, 6.07) is 7.80. The van der Waals surface area contributed by atoms with Gasteiger partial charge in [0.15, 0.2) is 0 Å². The van der Waals surface area contributed by atoms with Gasteiger partial charge in [0.25, 0.3) is 0 Å². The lowest BCUT2D eigenvalue weighted by Crippen LogP contribution is -2.13. The average molecular weight is 248 g/mol. The van der Waals surface area contributed by atoms with E-state index < -0.39 is 5.97 Å². The number of benzene rings is 1. The van der Waals surface area contributed by atoms with E-state index in [0.717, 1.165) is 11.3 Å². The Morgan fingerprint density at radius 1 is 1.33 bits per heavy atom. The van der Waals surface area contributed by atoms with Crippen molar-refractivity contribution >= 4 is 5.97 Å². The maximum Gasteiger partial charge on any atom is 0.336 e. The van der Waals surface area contributed by atoms with Crippen molar-refractivity contribution in [1.29, 1.82) is 0 Å². The van der Waals surface area contributed by atoms with Gasteiger partial charge in [-0.2, -0.15) is 0 Å². The van der Waals surface area contributed by atoms with Crippen LogP contribution in [0.15, 0.2) is 36.4 Å². The van der Waals surface area contributed by atoms with Crippen LogP contribution < -0.4 is 4.74 Å². The van der Waals surface area contributed by atoms with E-state index in [1.54, 1.807) is 6.92 Å². The Balaban J connectivity index is 2.64. The van der Waals surface area contributed by atoms with E-state index in [1.165, 1.54) is 0 Å². The molecule has 0 fully saturated rings. The highest BCUT2D eigenvalue weighted by Crippen LogP contribution is 2.26. The second-order valence-electron chi connectivity index (χ2n) is 4.31. The fraction of sp³-hybridized carbons (Fsp3) is 0.400. The molecular formula is C15H20O3. The molecule has 3 nitrogen and oxygen atoms in total. The lowest BCUT2D eigenvalue weighted by Gasteiger charge is -2.14. The Bertz CT molecular complexity index is 422. The van der Waals surface area contributed by atoms with Gasteiger partial charge in [-0.1, -0.05) is 38.6 Å². The van der Waals surface area contributed by atoms with E-state index in [9.17, 15) is 4.79 Å². The van der Waals surface area contributed by atoms with E-state index in [1.807, 2.05) is 24.3 Å². The minimum Gasteiger partial charge on any atom is -0.488 e. The highest BCUT2D eigenvalue weighted by atomic mass is 16.5. The molecule has 0 atom stereocenters. The summed E-state index contributed by atoms with van der Waals surface area (Å²) in [6.45, 7) is 10.1. The van der Waals surface area contributed by atoms with Gasteiger partial charge in [-0.25, -0.2) is 4.79 Å². The Morgan fingerprint density at radius 2 is 2.00 bits per heavy atom. The van der Waals surface area contributed by atoms with Crippen molar-refractivity contribution in [3.63, 3.8) is 0 Å². The molecule has 1 aromatic rings. The third-order valence-corrected chi connectivity index (χ3v) is 2.51. The number of ether oxygens (including phenoxy) is 2. The van der Waals surface area contributed by atoms with Gasteiger partial charge in [-0.3, -0.25) is 0 Å². The molecule has 0 saturated heterocycles. The number of hydrogen-bond donors (Lipinski definition) is 0. The van der Waals surface area contributed by atoms with Crippen molar-refractivity contribution < 1.29 is 14.3 Å². The average Bonchev–Trinajstić information content (AvgIpc) is 2.36. The van der Waals surface area contributed by atoms with Gasteiger partial charge in [0, 0.05) is 0 Å². The van der Waals surface area contributed by atoms with Crippen LogP contribution >= 0.6 is 0 Å². The van der Waals surface area contributed by atoms with Crippen LogP contribution in [0.4, 0.5) is 0 Å². The third-order valence-electron chi connectivity index (χ3n) is 2.51. The summed E-state index contributed by atoms with van der Waals surface area (Å²) in [5.74, 6) is 0.759. The normalized spacial score (nSPS) is 10.2. The zero-order chi connectivity index (χ0) is 13.5. The Hall–Kier alpha value is -1.77. The molecule has 0 bridgehead atoms. The van der Waals surface area contributed by atoms with E-state index in [2.05, 4.69) is 20.4 Å². The summed E-state index contributed by atoms with van der Waals surface area (Å²) in [5.41, 5.74) is 1.45. The fourth-order valence-electron chi connectivity index (χ4n) is 1.55. The van der Waals surface area contributed by atoms with Crippen molar-refractivity contribution in [2.24, 2.45) is 0 Å². The number of esters is 1. The summed E-state index contributed by atoms with van der Waals surface area (Å²) < 4.78 is 10.5. The summed E-state index contributed by atoms with van der Waals surface area (Å²) >= 11 is 0. The van der Waals surface area contributed by atoms with Crippen molar-refractivity contribution in [1.82, 2.24) is 0 Å². The molecular weight excluding hydrogens is 228 g/mol. The first kappa shape index (κ1) is 14.3. The Morgan fingerprint density at radius 3 is 2.61 bits per heavy atom. The lowest BCUT2D eigenvalue weighted by atomic mass is 10.0. The van der Waals surface area contributed by atoms with Gasteiger partial charge >= 0.3 is 5.97 Å². The number of rotatable bonds is 6. The fourth-order valence-corrected chi connectivity index (χ4v) is 1.55. The summed E-state index contributed by atoms with van der Waals surface area (Å²) in [4.78, 5) is 11.4. The van der Waals surface area contributed by atoms with E-state index in [4.69, 9.17) is 9.47 Å². The SMILES string of the molecule is C=C(COc1ccccc1C(C)C)C(=O)OCC. The van der Waals surface area contributed by atoms with Crippen molar-refractivity contribution in [2.45, 2.75) is 26.7 Å². The summed E-state index contributed by atoms with van der Waals surface area (Å²) in [5, 5.41) is 0. The van der Waals surface area contributed by atoms with E-state index >= 15 is 0 Å². The molecule has 0 saturated carbocycles. The van der Waals surface area contributed by atoms with Crippen molar-refractivity contribution in [3.05, 3.63) is 42.0 Å². The first-order valence-corrected chi connectivity index (χ1v) is 6.12. The molecule has 0 radical (unpaired) electrons. The van der Waals surface area contributed by atoms with Crippen LogP contribution in [-0.2, 0) is 9.53 Å². The molecule has 18 heavy (non-hydrogen) atoms. The molecule has 0 aliphatic rings. The molecule has 98 valence electrons. The van der Waals surface area contributed by atoms with E-state index in [-0.39, 0.29) is 6.61 Å². The first-order chi connectivity index (χ1) is 8.56. The molecule has 0 unspecified atom stereocenters. The largest absolute Gasteiger partial charge is 0.488 e. The zero-order valence-corrected chi connectivity index (χ0v) is 11.2. The zero-order valence-electron chi connectivity index (χ0n) is 11.2. The number of carbonyl (C=O) groups is 1. The molecule has 0 spiro atoms. The van der Waals surface area contributed by atoms with Crippen molar-refractivity contribution in [3.8, 4) is 5.75 Å². The van der Waals surface area contributed by atoms with Crippen LogP contribution in [0.3, 0.4) is 0 Å². The number of carbonyl (C=O) groups excluding carboxylic acids is 1. The van der Waals surface area contributed by atoms with Crippen molar-refractivity contribution in [2.75, 3.05) is 13.2 Å². The smallest absolute Gasteiger partial charge is 0.336 e. The minimum absolute atomic E-state index is 0.155. The third kappa shape index (κ3) is 3.91. The standard InChI is InChI=1S/C15H20O3/c1-5-17-15(16)12(4)10-18-14-9-7-6-8-13(14)11(2)3/h6-9,11H,4-5,10H2,1-3H3.